The molecule has 4 rings (SSSR count). The summed E-state index contributed by atoms with van der Waals surface area (Å²) in [5.41, 5.74) is 6.32. The lowest BCUT2D eigenvalue weighted by Gasteiger charge is -2.34. The van der Waals surface area contributed by atoms with Crippen molar-refractivity contribution in [1.82, 2.24) is 10.2 Å². The molecule has 3 aromatic rings. The smallest absolute Gasteiger partial charge is 0.408 e. The number of amides is 4. The van der Waals surface area contributed by atoms with Gasteiger partial charge in [-0.05, 0) is 74.2 Å². The van der Waals surface area contributed by atoms with Gasteiger partial charge in [0, 0.05) is 17.3 Å². The average Bonchev–Trinajstić information content (AvgIpc) is 3.75. The van der Waals surface area contributed by atoms with Crippen molar-refractivity contribution >= 4 is 40.3 Å². The van der Waals surface area contributed by atoms with Crippen molar-refractivity contribution in [2.24, 2.45) is 5.73 Å². The summed E-state index contributed by atoms with van der Waals surface area (Å²) in [5, 5.41) is 7.40. The van der Waals surface area contributed by atoms with Gasteiger partial charge in [-0.25, -0.2) is 4.79 Å². The molecular formula is C32H34N4O5. The maximum Gasteiger partial charge on any atom is 0.408 e. The topological polar surface area (TPSA) is 131 Å². The summed E-state index contributed by atoms with van der Waals surface area (Å²) in [7, 11) is 0. The Morgan fingerprint density at radius 3 is 2.27 bits per heavy atom. The molecule has 0 bridgehead atoms. The summed E-state index contributed by atoms with van der Waals surface area (Å²) in [6.45, 7) is 5.04. The van der Waals surface area contributed by atoms with Gasteiger partial charge in [0.2, 0.25) is 11.8 Å². The molecule has 2 unspecified atom stereocenters. The summed E-state index contributed by atoms with van der Waals surface area (Å²) in [6, 6.07) is 17.4. The van der Waals surface area contributed by atoms with Crippen molar-refractivity contribution in [3.63, 3.8) is 0 Å². The van der Waals surface area contributed by atoms with Crippen LogP contribution in [0.15, 0.2) is 66.7 Å². The molecular weight excluding hydrogens is 520 g/mol. The van der Waals surface area contributed by atoms with Crippen LogP contribution in [-0.4, -0.2) is 46.4 Å². The predicted octanol–water partition coefficient (Wildman–Crippen LogP) is 4.26. The van der Waals surface area contributed by atoms with Gasteiger partial charge in [0.25, 0.3) is 5.91 Å². The molecule has 9 nitrogen and oxygen atoms in total. The molecule has 3 aromatic carbocycles. The van der Waals surface area contributed by atoms with Gasteiger partial charge in [0.15, 0.2) is 0 Å². The van der Waals surface area contributed by atoms with E-state index in [2.05, 4.69) is 16.6 Å². The molecule has 1 fully saturated rings. The van der Waals surface area contributed by atoms with Crippen LogP contribution in [-0.2, 0) is 19.1 Å². The Bertz CT molecular complexity index is 1500. The van der Waals surface area contributed by atoms with Crippen LogP contribution >= 0.6 is 0 Å². The third-order valence-corrected chi connectivity index (χ3v) is 6.53. The Balaban J connectivity index is 1.70. The van der Waals surface area contributed by atoms with E-state index in [1.807, 2.05) is 36.4 Å². The largest absolute Gasteiger partial charge is 0.444 e. The lowest BCUT2D eigenvalue weighted by Crippen LogP contribution is -2.54. The van der Waals surface area contributed by atoms with Gasteiger partial charge in [-0.1, -0.05) is 48.4 Å². The highest BCUT2D eigenvalue weighted by Gasteiger charge is 2.44. The molecule has 1 saturated carbocycles. The van der Waals surface area contributed by atoms with E-state index in [9.17, 15) is 19.2 Å². The lowest BCUT2D eigenvalue weighted by atomic mass is 10.00. The number of hydrogen-bond acceptors (Lipinski definition) is 5. The maximum atomic E-state index is 14.1. The quantitative estimate of drug-likeness (QED) is 0.340. The van der Waals surface area contributed by atoms with Crippen molar-refractivity contribution in [3.05, 3.63) is 77.9 Å². The van der Waals surface area contributed by atoms with E-state index < -0.39 is 47.9 Å². The number of rotatable bonds is 9. The predicted molar refractivity (Wildman–Crippen MR) is 157 cm³/mol. The van der Waals surface area contributed by atoms with Gasteiger partial charge < -0.3 is 26.0 Å². The fraction of sp³-hybridized carbons (Fsp3) is 0.312. The number of anilines is 1. The molecule has 0 aliphatic heterocycles. The minimum atomic E-state index is -1.33. The minimum absolute atomic E-state index is 0.280. The zero-order valence-corrected chi connectivity index (χ0v) is 23.3. The summed E-state index contributed by atoms with van der Waals surface area (Å²) >= 11 is 0. The number of nitrogens with two attached hydrogens (primary N) is 1. The van der Waals surface area contributed by atoms with Gasteiger partial charge in [-0.15, -0.1) is 6.42 Å². The molecule has 4 N–H and O–H groups in total. The fourth-order valence-corrected chi connectivity index (χ4v) is 4.58. The number of carbonyl (C=O) groups is 4. The summed E-state index contributed by atoms with van der Waals surface area (Å²) in [5.74, 6) is 0.697. The molecule has 0 heterocycles. The first kappa shape index (κ1) is 29.2. The van der Waals surface area contributed by atoms with Crippen LogP contribution in [0.5, 0.6) is 0 Å². The molecule has 9 heteroatoms. The molecule has 4 amide bonds. The molecule has 1 aliphatic carbocycles. The first-order chi connectivity index (χ1) is 19.4. The van der Waals surface area contributed by atoms with E-state index in [-0.39, 0.29) is 6.04 Å². The van der Waals surface area contributed by atoms with Crippen LogP contribution in [0.25, 0.3) is 10.8 Å². The molecule has 1 aliphatic rings. The number of nitrogens with one attached hydrogen (secondary N) is 2. The second kappa shape index (κ2) is 12.1. The monoisotopic (exact) mass is 554 g/mol. The van der Waals surface area contributed by atoms with Crippen LogP contribution in [0.4, 0.5) is 10.5 Å². The highest BCUT2D eigenvalue weighted by Crippen LogP contribution is 2.36. The van der Waals surface area contributed by atoms with Crippen LogP contribution in [0.2, 0.25) is 0 Å². The highest BCUT2D eigenvalue weighted by molar-refractivity contribution is 6.01. The molecule has 0 radical (unpaired) electrons. The average molecular weight is 555 g/mol. The first-order valence-corrected chi connectivity index (χ1v) is 13.4. The third kappa shape index (κ3) is 7.63. The number of primary amides is 1. The van der Waals surface area contributed by atoms with Crippen LogP contribution in [0.3, 0.4) is 0 Å². The van der Waals surface area contributed by atoms with Gasteiger partial charge in [0.05, 0.1) is 6.42 Å². The van der Waals surface area contributed by atoms with E-state index in [4.69, 9.17) is 16.9 Å². The standard InChI is InChI=1S/C32H34N4O5/c1-5-20-10-12-22(13-11-20)28(29(38)34-24-15-14-21-8-6-7-9-23(21)18-24)36(25-16-17-25)30(39)26(19-27(33)37)35-31(40)41-32(2,3)4/h1,6-15,18,25-26,28H,16-17,19H2,2-4H3,(H2,33,37)(H,34,38)(H,35,40). The van der Waals surface area contributed by atoms with Crippen LogP contribution in [0.1, 0.15) is 57.2 Å². The number of ether oxygens (including phenoxy) is 1. The van der Waals surface area contributed by atoms with Crippen molar-refractivity contribution in [3.8, 4) is 12.3 Å². The van der Waals surface area contributed by atoms with E-state index in [0.29, 0.717) is 29.7 Å². The number of carbonyl (C=O) groups excluding carboxylic acids is 4. The zero-order chi connectivity index (χ0) is 29.7. The number of fused-ring (bicyclic) bond motifs is 1. The Kier molecular flexibility index (Phi) is 8.62. The van der Waals surface area contributed by atoms with Crippen molar-refractivity contribution in [1.29, 1.82) is 0 Å². The number of nitrogens with zero attached hydrogens (tertiary/aromatic N) is 1. The SMILES string of the molecule is C#Cc1ccc(C(C(=O)Nc2ccc3ccccc3c2)N(C(=O)C(CC(N)=O)NC(=O)OC(C)(C)C)C2CC2)cc1. The normalized spacial score (nSPS) is 14.3. The molecule has 0 saturated heterocycles. The number of terminal acetylenes is 1. The summed E-state index contributed by atoms with van der Waals surface area (Å²) < 4.78 is 5.32. The molecule has 41 heavy (non-hydrogen) atoms. The fourth-order valence-electron chi connectivity index (χ4n) is 4.58. The van der Waals surface area contributed by atoms with Crippen LogP contribution in [0, 0.1) is 12.3 Å². The van der Waals surface area contributed by atoms with Gasteiger partial charge in [-0.3, -0.25) is 14.4 Å². The van der Waals surface area contributed by atoms with Gasteiger partial charge in [0.1, 0.15) is 17.7 Å². The highest BCUT2D eigenvalue weighted by atomic mass is 16.6. The second-order valence-electron chi connectivity index (χ2n) is 11.1. The minimum Gasteiger partial charge on any atom is -0.444 e. The van der Waals surface area contributed by atoms with Crippen molar-refractivity contribution < 1.29 is 23.9 Å². The Morgan fingerprint density at radius 1 is 1.02 bits per heavy atom. The van der Waals surface area contributed by atoms with E-state index in [0.717, 1.165) is 10.8 Å². The summed E-state index contributed by atoms with van der Waals surface area (Å²) in [6.07, 6.45) is 5.52. The van der Waals surface area contributed by atoms with E-state index in [1.54, 1.807) is 51.1 Å². The molecule has 0 aromatic heterocycles. The maximum absolute atomic E-state index is 14.1. The van der Waals surface area contributed by atoms with Crippen molar-refractivity contribution in [2.45, 2.75) is 63.8 Å². The summed E-state index contributed by atoms with van der Waals surface area (Å²) in [4.78, 5) is 54.0. The lowest BCUT2D eigenvalue weighted by molar-refractivity contribution is -0.142. The molecule has 0 spiro atoms. The first-order valence-electron chi connectivity index (χ1n) is 13.4. The molecule has 2 atom stereocenters. The Hall–Kier alpha value is -4.84. The number of benzene rings is 3. The molecule has 212 valence electrons. The van der Waals surface area contributed by atoms with Crippen molar-refractivity contribution in [2.75, 3.05) is 5.32 Å². The van der Waals surface area contributed by atoms with Gasteiger partial charge in [-0.2, -0.15) is 0 Å². The van der Waals surface area contributed by atoms with Gasteiger partial charge >= 0.3 is 6.09 Å². The second-order valence-corrected chi connectivity index (χ2v) is 11.1. The number of hydrogen-bond donors (Lipinski definition) is 3. The van der Waals surface area contributed by atoms with Crippen LogP contribution < -0.4 is 16.4 Å². The Morgan fingerprint density at radius 2 is 1.68 bits per heavy atom. The van der Waals surface area contributed by atoms with E-state index in [1.165, 1.54) is 4.90 Å². The number of alkyl carbamates (subject to hydrolysis) is 1. The zero-order valence-electron chi connectivity index (χ0n) is 23.3. The Labute approximate surface area is 239 Å². The van der Waals surface area contributed by atoms with E-state index >= 15 is 0 Å². The third-order valence-electron chi connectivity index (χ3n) is 6.53.